The molecule has 1 atom stereocenters. The minimum absolute atomic E-state index is 0.0161. The lowest BCUT2D eigenvalue weighted by Crippen LogP contribution is -2.32. The summed E-state index contributed by atoms with van der Waals surface area (Å²) in [6.45, 7) is 3.98. The van der Waals surface area contributed by atoms with E-state index in [1.807, 2.05) is 13.8 Å². The summed E-state index contributed by atoms with van der Waals surface area (Å²) in [5.41, 5.74) is 0.599. The van der Waals surface area contributed by atoms with Gasteiger partial charge in [0.05, 0.1) is 0 Å². The van der Waals surface area contributed by atoms with E-state index < -0.39 is 0 Å². The van der Waals surface area contributed by atoms with Gasteiger partial charge in [0.2, 0.25) is 5.91 Å². The van der Waals surface area contributed by atoms with E-state index in [0.29, 0.717) is 18.4 Å². The van der Waals surface area contributed by atoms with Gasteiger partial charge in [-0.3, -0.25) is 4.79 Å². The molecule has 0 unspecified atom stereocenters. The van der Waals surface area contributed by atoms with Gasteiger partial charge >= 0.3 is 0 Å². The zero-order valence-corrected chi connectivity index (χ0v) is 9.79. The second-order valence-electron chi connectivity index (χ2n) is 3.97. The van der Waals surface area contributed by atoms with Gasteiger partial charge in [0.25, 0.3) is 0 Å². The van der Waals surface area contributed by atoms with Gasteiger partial charge in [0.1, 0.15) is 5.82 Å². The molecule has 0 spiro atoms. The molecule has 0 aliphatic carbocycles. The summed E-state index contributed by atoms with van der Waals surface area (Å²) in [7, 11) is 0. The Labute approximate surface area is 95.9 Å². The third-order valence-corrected chi connectivity index (χ3v) is 2.60. The number of nitrogens with one attached hydrogen (secondary N) is 1. The number of hydrogen-bond acceptors (Lipinski definition) is 1. The first-order valence-electron chi connectivity index (χ1n) is 5.66. The molecular weight excluding hydrogens is 205 g/mol. The standard InChI is InChI=1S/C13H18FNO/c1-3-10(2)15-13(16)9-8-11-6-4-5-7-12(11)14/h4-7,10H,3,8-9H2,1-2H3,(H,15,16)/t10-/m0/s1. The highest BCUT2D eigenvalue weighted by Crippen LogP contribution is 2.08. The quantitative estimate of drug-likeness (QED) is 0.817. The molecule has 0 bridgehead atoms. The Balaban J connectivity index is 2.40. The maximum absolute atomic E-state index is 13.2. The molecule has 2 nitrogen and oxygen atoms in total. The van der Waals surface area contributed by atoms with E-state index in [4.69, 9.17) is 0 Å². The molecule has 3 heteroatoms. The molecule has 0 fully saturated rings. The number of carbonyl (C=O) groups is 1. The summed E-state index contributed by atoms with van der Waals surface area (Å²) in [5, 5.41) is 2.86. The van der Waals surface area contributed by atoms with E-state index >= 15 is 0 Å². The van der Waals surface area contributed by atoms with Crippen LogP contribution >= 0.6 is 0 Å². The van der Waals surface area contributed by atoms with Crippen LogP contribution in [0.4, 0.5) is 4.39 Å². The predicted octanol–water partition coefficient (Wildman–Crippen LogP) is 2.67. The van der Waals surface area contributed by atoms with Crippen molar-refractivity contribution < 1.29 is 9.18 Å². The monoisotopic (exact) mass is 223 g/mol. The fraction of sp³-hybridized carbons (Fsp3) is 0.462. The fourth-order valence-corrected chi connectivity index (χ4v) is 1.40. The molecule has 1 N–H and O–H groups in total. The number of halogens is 1. The summed E-state index contributed by atoms with van der Waals surface area (Å²) >= 11 is 0. The Morgan fingerprint density at radius 3 is 2.75 bits per heavy atom. The summed E-state index contributed by atoms with van der Waals surface area (Å²) in [6, 6.07) is 6.75. The SMILES string of the molecule is CC[C@H](C)NC(=O)CCc1ccccc1F. The van der Waals surface area contributed by atoms with E-state index in [1.165, 1.54) is 6.07 Å². The van der Waals surface area contributed by atoms with Gasteiger partial charge in [-0.15, -0.1) is 0 Å². The van der Waals surface area contributed by atoms with Gasteiger partial charge < -0.3 is 5.32 Å². The number of carbonyl (C=O) groups excluding carboxylic acids is 1. The maximum Gasteiger partial charge on any atom is 0.220 e. The molecular formula is C13H18FNO. The van der Waals surface area contributed by atoms with E-state index in [-0.39, 0.29) is 17.8 Å². The van der Waals surface area contributed by atoms with Crippen LogP contribution in [0.25, 0.3) is 0 Å². The minimum atomic E-state index is -0.237. The highest BCUT2D eigenvalue weighted by atomic mass is 19.1. The van der Waals surface area contributed by atoms with Crippen molar-refractivity contribution in [3.63, 3.8) is 0 Å². The van der Waals surface area contributed by atoms with Crippen molar-refractivity contribution in [3.8, 4) is 0 Å². The van der Waals surface area contributed by atoms with Crippen LogP contribution < -0.4 is 5.32 Å². The molecule has 0 aliphatic rings. The summed E-state index contributed by atoms with van der Waals surface area (Å²) < 4.78 is 13.2. The topological polar surface area (TPSA) is 29.1 Å². The van der Waals surface area contributed by atoms with Crippen LogP contribution in [0.1, 0.15) is 32.3 Å². The van der Waals surface area contributed by atoms with Crippen LogP contribution in [0.5, 0.6) is 0 Å². The van der Waals surface area contributed by atoms with Gasteiger partial charge in [-0.2, -0.15) is 0 Å². The number of aryl methyl sites for hydroxylation is 1. The molecule has 0 aliphatic heterocycles. The Bertz CT molecular complexity index is 352. The Morgan fingerprint density at radius 2 is 2.12 bits per heavy atom. The van der Waals surface area contributed by atoms with Crippen molar-refractivity contribution >= 4 is 5.91 Å². The van der Waals surface area contributed by atoms with Crippen LogP contribution in [0, 0.1) is 5.82 Å². The molecule has 1 amide bonds. The lowest BCUT2D eigenvalue weighted by Gasteiger charge is -2.11. The molecule has 1 aromatic rings. The zero-order valence-electron chi connectivity index (χ0n) is 9.79. The highest BCUT2D eigenvalue weighted by molar-refractivity contribution is 5.76. The van der Waals surface area contributed by atoms with Crippen molar-refractivity contribution in [3.05, 3.63) is 35.6 Å². The largest absolute Gasteiger partial charge is 0.354 e. The summed E-state index contributed by atoms with van der Waals surface area (Å²) in [4.78, 5) is 11.5. The van der Waals surface area contributed by atoms with Crippen molar-refractivity contribution in [2.75, 3.05) is 0 Å². The van der Waals surface area contributed by atoms with Gasteiger partial charge in [-0.1, -0.05) is 25.1 Å². The normalized spacial score (nSPS) is 12.2. The Hall–Kier alpha value is -1.38. The maximum atomic E-state index is 13.2. The van der Waals surface area contributed by atoms with Gasteiger partial charge in [0, 0.05) is 12.5 Å². The third-order valence-electron chi connectivity index (χ3n) is 2.60. The molecule has 16 heavy (non-hydrogen) atoms. The Morgan fingerprint density at radius 1 is 1.44 bits per heavy atom. The molecule has 1 rings (SSSR count). The molecule has 0 heterocycles. The molecule has 1 aromatic carbocycles. The average Bonchev–Trinajstić information content (AvgIpc) is 2.28. The predicted molar refractivity (Wildman–Crippen MR) is 62.6 cm³/mol. The van der Waals surface area contributed by atoms with Crippen LogP contribution in [0.3, 0.4) is 0 Å². The number of rotatable bonds is 5. The fourth-order valence-electron chi connectivity index (χ4n) is 1.40. The van der Waals surface area contributed by atoms with Crippen LogP contribution in [-0.2, 0) is 11.2 Å². The van der Waals surface area contributed by atoms with Crippen molar-refractivity contribution in [2.24, 2.45) is 0 Å². The lowest BCUT2D eigenvalue weighted by atomic mass is 10.1. The first-order chi connectivity index (χ1) is 7.63. The molecule has 0 radical (unpaired) electrons. The van der Waals surface area contributed by atoms with Crippen LogP contribution in [0.2, 0.25) is 0 Å². The smallest absolute Gasteiger partial charge is 0.220 e. The van der Waals surface area contributed by atoms with Crippen molar-refractivity contribution in [1.29, 1.82) is 0 Å². The minimum Gasteiger partial charge on any atom is -0.354 e. The highest BCUT2D eigenvalue weighted by Gasteiger charge is 2.07. The van der Waals surface area contributed by atoms with E-state index in [0.717, 1.165) is 6.42 Å². The second kappa shape index (κ2) is 6.26. The Kier molecular flexibility index (Phi) is 4.96. The average molecular weight is 223 g/mol. The van der Waals surface area contributed by atoms with Crippen LogP contribution in [-0.4, -0.2) is 11.9 Å². The first kappa shape index (κ1) is 12.7. The second-order valence-corrected chi connectivity index (χ2v) is 3.97. The number of amides is 1. The summed E-state index contributed by atoms with van der Waals surface area (Å²) in [6.07, 6.45) is 1.70. The number of benzene rings is 1. The third kappa shape index (κ3) is 4.01. The molecule has 88 valence electrons. The van der Waals surface area contributed by atoms with Crippen LogP contribution in [0.15, 0.2) is 24.3 Å². The summed E-state index contributed by atoms with van der Waals surface area (Å²) in [5.74, 6) is -0.253. The molecule has 0 saturated heterocycles. The van der Waals surface area contributed by atoms with Gasteiger partial charge in [0.15, 0.2) is 0 Å². The first-order valence-corrected chi connectivity index (χ1v) is 5.66. The van der Waals surface area contributed by atoms with Gasteiger partial charge in [-0.05, 0) is 31.4 Å². The van der Waals surface area contributed by atoms with Crippen molar-refractivity contribution in [1.82, 2.24) is 5.32 Å². The van der Waals surface area contributed by atoms with E-state index in [1.54, 1.807) is 18.2 Å². The zero-order chi connectivity index (χ0) is 12.0. The van der Waals surface area contributed by atoms with E-state index in [2.05, 4.69) is 5.32 Å². The van der Waals surface area contributed by atoms with Crippen molar-refractivity contribution in [2.45, 2.75) is 39.2 Å². The number of hydrogen-bond donors (Lipinski definition) is 1. The van der Waals surface area contributed by atoms with Gasteiger partial charge in [-0.25, -0.2) is 4.39 Å². The lowest BCUT2D eigenvalue weighted by molar-refractivity contribution is -0.121. The van der Waals surface area contributed by atoms with E-state index in [9.17, 15) is 9.18 Å². The molecule has 0 saturated carbocycles. The molecule has 0 aromatic heterocycles.